The Bertz CT molecular complexity index is 1060. The van der Waals surface area contributed by atoms with Crippen LogP contribution in [0.3, 0.4) is 0 Å². The number of hydrogen-bond acceptors (Lipinski definition) is 4. The Hall–Kier alpha value is -3.15. The number of rotatable bonds is 7. The number of carbonyl (C=O) groups is 1. The molecule has 146 valence electrons. The number of hydrogen-bond donors (Lipinski definition) is 1. The van der Waals surface area contributed by atoms with Crippen molar-refractivity contribution in [3.8, 4) is 5.75 Å². The van der Waals surface area contributed by atoms with Crippen molar-refractivity contribution in [1.82, 2.24) is 5.32 Å². The highest BCUT2D eigenvalue weighted by Crippen LogP contribution is 2.24. The molecule has 5 nitrogen and oxygen atoms in total. The van der Waals surface area contributed by atoms with Crippen molar-refractivity contribution in [2.75, 3.05) is 13.7 Å². The zero-order valence-corrected chi connectivity index (χ0v) is 15.9. The van der Waals surface area contributed by atoms with Gasteiger partial charge in [0.15, 0.2) is 0 Å². The summed E-state index contributed by atoms with van der Waals surface area (Å²) in [5.41, 5.74) is 1.86. The van der Waals surface area contributed by atoms with Gasteiger partial charge < -0.3 is 14.5 Å². The second-order valence-corrected chi connectivity index (χ2v) is 6.55. The van der Waals surface area contributed by atoms with E-state index in [1.807, 2.05) is 13.0 Å². The number of ether oxygens (including phenoxy) is 1. The number of methoxy groups -OCH3 is 1. The van der Waals surface area contributed by atoms with Crippen molar-refractivity contribution in [2.45, 2.75) is 26.2 Å². The van der Waals surface area contributed by atoms with Gasteiger partial charge in [-0.1, -0.05) is 18.2 Å². The minimum Gasteiger partial charge on any atom is -0.497 e. The van der Waals surface area contributed by atoms with Crippen molar-refractivity contribution in [2.24, 2.45) is 0 Å². The van der Waals surface area contributed by atoms with E-state index in [0.29, 0.717) is 35.4 Å². The molecule has 0 radical (unpaired) electrons. The van der Waals surface area contributed by atoms with Gasteiger partial charge in [0, 0.05) is 30.0 Å². The fourth-order valence-corrected chi connectivity index (χ4v) is 3.16. The molecule has 0 aliphatic carbocycles. The highest BCUT2D eigenvalue weighted by Gasteiger charge is 2.13. The molecular weight excluding hydrogens is 361 g/mol. The molecule has 28 heavy (non-hydrogen) atoms. The third kappa shape index (κ3) is 4.39. The molecule has 0 spiro atoms. The summed E-state index contributed by atoms with van der Waals surface area (Å²) in [5.74, 6) is 0.139. The number of nitrogens with one attached hydrogen (secondary N) is 1. The number of halogens is 1. The normalized spacial score (nSPS) is 10.8. The quantitative estimate of drug-likeness (QED) is 0.634. The smallest absolute Gasteiger partial charge is 0.339 e. The van der Waals surface area contributed by atoms with Gasteiger partial charge in [-0.05, 0) is 49.1 Å². The lowest BCUT2D eigenvalue weighted by atomic mass is 10.0. The van der Waals surface area contributed by atoms with E-state index < -0.39 is 5.63 Å². The van der Waals surface area contributed by atoms with Crippen molar-refractivity contribution >= 4 is 16.9 Å². The van der Waals surface area contributed by atoms with Crippen LogP contribution in [-0.4, -0.2) is 19.6 Å². The van der Waals surface area contributed by atoms with Crippen LogP contribution in [0.1, 0.15) is 23.1 Å². The third-order valence-corrected chi connectivity index (χ3v) is 4.77. The first-order valence-corrected chi connectivity index (χ1v) is 9.10. The number of carbonyl (C=O) groups excluding carboxylic acids is 1. The molecule has 0 saturated heterocycles. The molecule has 0 aliphatic heterocycles. The summed E-state index contributed by atoms with van der Waals surface area (Å²) >= 11 is 0. The Morgan fingerprint density at radius 2 is 1.96 bits per heavy atom. The van der Waals surface area contributed by atoms with Crippen LogP contribution in [0.2, 0.25) is 0 Å². The topological polar surface area (TPSA) is 68.5 Å². The van der Waals surface area contributed by atoms with E-state index in [-0.39, 0.29) is 24.6 Å². The maximum absolute atomic E-state index is 13.6. The second-order valence-electron chi connectivity index (χ2n) is 6.55. The van der Waals surface area contributed by atoms with Crippen LogP contribution < -0.4 is 15.7 Å². The van der Waals surface area contributed by atoms with Gasteiger partial charge in [-0.25, -0.2) is 9.18 Å². The summed E-state index contributed by atoms with van der Waals surface area (Å²) in [7, 11) is 1.55. The van der Waals surface area contributed by atoms with Crippen LogP contribution in [0, 0.1) is 12.7 Å². The van der Waals surface area contributed by atoms with Crippen LogP contribution in [-0.2, 0) is 17.6 Å². The fourth-order valence-electron chi connectivity index (χ4n) is 3.16. The van der Waals surface area contributed by atoms with Gasteiger partial charge in [-0.2, -0.15) is 0 Å². The molecule has 0 atom stereocenters. The molecule has 0 saturated carbocycles. The van der Waals surface area contributed by atoms with E-state index in [9.17, 15) is 14.0 Å². The average molecular weight is 383 g/mol. The van der Waals surface area contributed by atoms with E-state index in [2.05, 4.69) is 5.32 Å². The molecule has 6 heteroatoms. The summed E-state index contributed by atoms with van der Waals surface area (Å²) in [6.07, 6.45) is 0.851. The minimum atomic E-state index is -0.447. The fraction of sp³-hybridized carbons (Fsp3) is 0.273. The van der Waals surface area contributed by atoms with Crippen molar-refractivity contribution < 1.29 is 18.3 Å². The Kier molecular flexibility index (Phi) is 6.09. The Morgan fingerprint density at radius 1 is 1.18 bits per heavy atom. The van der Waals surface area contributed by atoms with E-state index in [4.69, 9.17) is 9.15 Å². The molecule has 1 heterocycles. The van der Waals surface area contributed by atoms with E-state index in [1.54, 1.807) is 37.4 Å². The van der Waals surface area contributed by atoms with Crippen molar-refractivity contribution in [3.63, 3.8) is 0 Å². The predicted octanol–water partition coefficient (Wildman–Crippen LogP) is 3.54. The number of benzene rings is 2. The molecule has 1 N–H and O–H groups in total. The zero-order chi connectivity index (χ0) is 20.1. The molecule has 0 fully saturated rings. The molecule has 0 unspecified atom stereocenters. The van der Waals surface area contributed by atoms with Gasteiger partial charge in [-0.15, -0.1) is 0 Å². The molecule has 1 amide bonds. The summed E-state index contributed by atoms with van der Waals surface area (Å²) in [6.45, 7) is 2.18. The first kappa shape index (κ1) is 19.6. The van der Waals surface area contributed by atoms with Crippen LogP contribution in [0.4, 0.5) is 4.39 Å². The highest BCUT2D eigenvalue weighted by atomic mass is 19.1. The molecule has 3 rings (SSSR count). The van der Waals surface area contributed by atoms with Crippen LogP contribution >= 0.6 is 0 Å². The van der Waals surface area contributed by atoms with Gasteiger partial charge >= 0.3 is 5.63 Å². The molecule has 1 aromatic heterocycles. The van der Waals surface area contributed by atoms with Crippen LogP contribution in [0.5, 0.6) is 5.75 Å². The lowest BCUT2D eigenvalue weighted by molar-refractivity contribution is -0.121. The Labute approximate surface area is 162 Å². The standard InChI is InChI=1S/C22H22FNO4/c1-14-17-8-7-16(27-2)13-20(17)28-22(26)18(14)9-10-21(25)24-12-11-15-5-3-4-6-19(15)23/h3-8,13H,9-12H2,1-2H3,(H,24,25). The van der Waals surface area contributed by atoms with Gasteiger partial charge in [0.25, 0.3) is 0 Å². The van der Waals surface area contributed by atoms with Crippen molar-refractivity contribution in [1.29, 1.82) is 0 Å². The monoisotopic (exact) mass is 383 g/mol. The van der Waals surface area contributed by atoms with Gasteiger partial charge in [0.05, 0.1) is 7.11 Å². The SMILES string of the molecule is COc1ccc2c(C)c(CCC(=O)NCCc3ccccc3F)c(=O)oc2c1. The first-order valence-electron chi connectivity index (χ1n) is 9.10. The molecule has 2 aromatic carbocycles. The lowest BCUT2D eigenvalue weighted by Gasteiger charge is -2.09. The van der Waals surface area contributed by atoms with E-state index in [0.717, 1.165) is 10.9 Å². The summed E-state index contributed by atoms with van der Waals surface area (Å²) in [6, 6.07) is 11.8. The Morgan fingerprint density at radius 3 is 2.71 bits per heavy atom. The van der Waals surface area contributed by atoms with Gasteiger partial charge in [-0.3, -0.25) is 4.79 Å². The average Bonchev–Trinajstić information content (AvgIpc) is 2.68. The zero-order valence-electron chi connectivity index (χ0n) is 15.9. The molecule has 0 bridgehead atoms. The first-order chi connectivity index (χ1) is 13.5. The number of amides is 1. The highest BCUT2D eigenvalue weighted by molar-refractivity contribution is 5.82. The van der Waals surface area contributed by atoms with E-state index >= 15 is 0 Å². The maximum atomic E-state index is 13.6. The maximum Gasteiger partial charge on any atom is 0.339 e. The lowest BCUT2D eigenvalue weighted by Crippen LogP contribution is -2.26. The summed E-state index contributed by atoms with van der Waals surface area (Å²) < 4.78 is 24.1. The molecule has 0 aliphatic rings. The van der Waals surface area contributed by atoms with E-state index in [1.165, 1.54) is 6.07 Å². The predicted molar refractivity (Wildman–Crippen MR) is 105 cm³/mol. The van der Waals surface area contributed by atoms with Crippen LogP contribution in [0.25, 0.3) is 11.0 Å². The van der Waals surface area contributed by atoms with Crippen LogP contribution in [0.15, 0.2) is 51.7 Å². The van der Waals surface area contributed by atoms with Gasteiger partial charge in [0.2, 0.25) is 5.91 Å². The summed E-state index contributed by atoms with van der Waals surface area (Å²) in [4.78, 5) is 24.4. The number of fused-ring (bicyclic) bond motifs is 1. The Balaban J connectivity index is 1.62. The summed E-state index contributed by atoms with van der Waals surface area (Å²) in [5, 5.41) is 3.58. The minimum absolute atomic E-state index is 0.157. The largest absolute Gasteiger partial charge is 0.497 e. The second kappa shape index (κ2) is 8.69. The third-order valence-electron chi connectivity index (χ3n) is 4.77. The van der Waals surface area contributed by atoms with Gasteiger partial charge in [0.1, 0.15) is 17.1 Å². The molecular formula is C22H22FNO4. The number of aryl methyl sites for hydroxylation is 1. The molecule has 3 aromatic rings. The van der Waals surface area contributed by atoms with Crippen molar-refractivity contribution in [3.05, 3.63) is 75.4 Å².